The maximum atomic E-state index is 10.6. The van der Waals surface area contributed by atoms with E-state index in [2.05, 4.69) is 15.3 Å². The van der Waals surface area contributed by atoms with Gasteiger partial charge < -0.3 is 15.2 Å². The topological polar surface area (TPSA) is 84.3 Å². The lowest BCUT2D eigenvalue weighted by Gasteiger charge is -2.13. The van der Waals surface area contributed by atoms with Gasteiger partial charge in [0.25, 0.3) is 0 Å². The molecule has 1 atom stereocenters. The highest BCUT2D eigenvalue weighted by Crippen LogP contribution is 2.11. The molecular formula is C12H19N3O3. The first-order valence-corrected chi connectivity index (χ1v) is 6.07. The Morgan fingerprint density at radius 2 is 2.33 bits per heavy atom. The van der Waals surface area contributed by atoms with Crippen molar-refractivity contribution in [3.05, 3.63) is 12.3 Å². The van der Waals surface area contributed by atoms with Crippen LogP contribution in [0.5, 0.6) is 5.88 Å². The average Bonchev–Trinajstić information content (AvgIpc) is 2.35. The number of anilines is 1. The fraction of sp³-hybridized carbons (Fsp3) is 0.583. The molecule has 1 heterocycles. The Bertz CT molecular complexity index is 385. The fourth-order valence-corrected chi connectivity index (χ4v) is 1.50. The van der Waals surface area contributed by atoms with Gasteiger partial charge >= 0.3 is 5.97 Å². The number of ether oxygens (including phenoxy) is 1. The minimum absolute atomic E-state index is 0.0712. The van der Waals surface area contributed by atoms with Gasteiger partial charge in [0.2, 0.25) is 11.8 Å². The lowest BCUT2D eigenvalue weighted by atomic mass is 10.0. The number of carbonyl (C=O) groups is 1. The average molecular weight is 253 g/mol. The SMILES string of the molecule is CCOc1ccnc(NCC(CC)CC(=O)O)n1. The molecule has 0 aromatic carbocycles. The van der Waals surface area contributed by atoms with Crippen molar-refractivity contribution in [3.63, 3.8) is 0 Å². The summed E-state index contributed by atoms with van der Waals surface area (Å²) in [6.07, 6.45) is 2.55. The molecule has 18 heavy (non-hydrogen) atoms. The van der Waals surface area contributed by atoms with Crippen LogP contribution in [0.3, 0.4) is 0 Å². The van der Waals surface area contributed by atoms with Crippen molar-refractivity contribution in [1.29, 1.82) is 0 Å². The third-order valence-electron chi connectivity index (χ3n) is 2.51. The van der Waals surface area contributed by atoms with Crippen LogP contribution in [0, 0.1) is 5.92 Å². The first kappa shape index (κ1) is 14.2. The van der Waals surface area contributed by atoms with Crippen molar-refractivity contribution < 1.29 is 14.6 Å². The van der Waals surface area contributed by atoms with Crippen LogP contribution >= 0.6 is 0 Å². The molecule has 1 aromatic heterocycles. The summed E-state index contributed by atoms with van der Waals surface area (Å²) in [6.45, 7) is 4.94. The maximum absolute atomic E-state index is 10.6. The summed E-state index contributed by atoms with van der Waals surface area (Å²) in [4.78, 5) is 18.9. The molecule has 0 aliphatic heterocycles. The third kappa shape index (κ3) is 4.99. The van der Waals surface area contributed by atoms with Gasteiger partial charge in [-0.15, -0.1) is 0 Å². The first-order chi connectivity index (χ1) is 8.65. The van der Waals surface area contributed by atoms with E-state index in [9.17, 15) is 4.79 Å². The van der Waals surface area contributed by atoms with Crippen LogP contribution in [-0.2, 0) is 4.79 Å². The quantitative estimate of drug-likeness (QED) is 0.734. The van der Waals surface area contributed by atoms with Gasteiger partial charge in [-0.1, -0.05) is 13.3 Å². The van der Waals surface area contributed by atoms with E-state index in [1.165, 1.54) is 0 Å². The summed E-state index contributed by atoms with van der Waals surface area (Å²) in [5.74, 6) is 0.264. The predicted octanol–water partition coefficient (Wildman–Crippen LogP) is 1.79. The summed E-state index contributed by atoms with van der Waals surface area (Å²) in [5.41, 5.74) is 0. The predicted molar refractivity (Wildman–Crippen MR) is 67.7 cm³/mol. The number of carboxylic acids is 1. The van der Waals surface area contributed by atoms with Crippen LogP contribution in [0.4, 0.5) is 5.95 Å². The summed E-state index contributed by atoms with van der Waals surface area (Å²) in [7, 11) is 0. The molecule has 0 aliphatic rings. The Hall–Kier alpha value is -1.85. The highest BCUT2D eigenvalue weighted by molar-refractivity contribution is 5.67. The number of hydrogen-bond donors (Lipinski definition) is 2. The molecular weight excluding hydrogens is 234 g/mol. The smallest absolute Gasteiger partial charge is 0.303 e. The normalized spacial score (nSPS) is 11.9. The van der Waals surface area contributed by atoms with Crippen LogP contribution in [0.1, 0.15) is 26.7 Å². The van der Waals surface area contributed by atoms with Gasteiger partial charge in [0, 0.05) is 25.2 Å². The molecule has 2 N–H and O–H groups in total. The van der Waals surface area contributed by atoms with E-state index in [1.54, 1.807) is 12.3 Å². The maximum Gasteiger partial charge on any atom is 0.303 e. The van der Waals surface area contributed by atoms with Gasteiger partial charge in [0.1, 0.15) is 0 Å². The van der Waals surface area contributed by atoms with E-state index < -0.39 is 5.97 Å². The molecule has 0 amide bonds. The van der Waals surface area contributed by atoms with E-state index in [0.717, 1.165) is 6.42 Å². The van der Waals surface area contributed by atoms with Gasteiger partial charge in [-0.05, 0) is 12.8 Å². The fourth-order valence-electron chi connectivity index (χ4n) is 1.50. The zero-order valence-corrected chi connectivity index (χ0v) is 10.7. The zero-order chi connectivity index (χ0) is 13.4. The zero-order valence-electron chi connectivity index (χ0n) is 10.7. The number of rotatable bonds is 8. The standard InChI is InChI=1S/C12H19N3O3/c1-3-9(7-11(16)17)8-14-12-13-6-5-10(15-12)18-4-2/h5-6,9H,3-4,7-8H2,1-2H3,(H,16,17)(H,13,14,15). The molecule has 6 nitrogen and oxygen atoms in total. The molecule has 6 heteroatoms. The minimum atomic E-state index is -0.785. The van der Waals surface area contributed by atoms with E-state index in [0.29, 0.717) is 25.0 Å². The van der Waals surface area contributed by atoms with E-state index >= 15 is 0 Å². The number of aliphatic carboxylic acids is 1. The molecule has 0 spiro atoms. The first-order valence-electron chi connectivity index (χ1n) is 6.07. The second-order valence-electron chi connectivity index (χ2n) is 3.90. The molecule has 0 saturated heterocycles. The number of nitrogens with zero attached hydrogens (tertiary/aromatic N) is 2. The van der Waals surface area contributed by atoms with Crippen molar-refractivity contribution >= 4 is 11.9 Å². The Labute approximate surface area is 106 Å². The van der Waals surface area contributed by atoms with Gasteiger partial charge in [0.05, 0.1) is 6.61 Å². The van der Waals surface area contributed by atoms with E-state index in [-0.39, 0.29) is 12.3 Å². The van der Waals surface area contributed by atoms with Crippen molar-refractivity contribution in [2.45, 2.75) is 26.7 Å². The van der Waals surface area contributed by atoms with Crippen LogP contribution in [-0.4, -0.2) is 34.2 Å². The van der Waals surface area contributed by atoms with Crippen LogP contribution in [0.2, 0.25) is 0 Å². The van der Waals surface area contributed by atoms with Crippen molar-refractivity contribution in [2.75, 3.05) is 18.5 Å². The summed E-state index contributed by atoms with van der Waals surface area (Å²) in [5, 5.41) is 11.8. The molecule has 0 fully saturated rings. The highest BCUT2D eigenvalue weighted by Gasteiger charge is 2.11. The number of hydrogen-bond acceptors (Lipinski definition) is 5. The summed E-state index contributed by atoms with van der Waals surface area (Å²) in [6, 6.07) is 1.68. The molecule has 0 bridgehead atoms. The van der Waals surface area contributed by atoms with Gasteiger partial charge in [0.15, 0.2) is 0 Å². The van der Waals surface area contributed by atoms with Crippen molar-refractivity contribution in [2.24, 2.45) is 5.92 Å². The number of carboxylic acid groups (broad SMARTS) is 1. The van der Waals surface area contributed by atoms with Gasteiger partial charge in [-0.3, -0.25) is 4.79 Å². The molecule has 0 aliphatic carbocycles. The number of aromatic nitrogens is 2. The molecule has 0 radical (unpaired) electrons. The highest BCUT2D eigenvalue weighted by atomic mass is 16.5. The minimum Gasteiger partial charge on any atom is -0.481 e. The monoisotopic (exact) mass is 253 g/mol. The Kier molecular flexibility index (Phi) is 5.90. The molecule has 100 valence electrons. The molecule has 1 rings (SSSR count). The lowest BCUT2D eigenvalue weighted by molar-refractivity contribution is -0.138. The summed E-state index contributed by atoms with van der Waals surface area (Å²) >= 11 is 0. The summed E-state index contributed by atoms with van der Waals surface area (Å²) < 4.78 is 5.26. The lowest BCUT2D eigenvalue weighted by Crippen LogP contribution is -2.18. The molecule has 1 aromatic rings. The second-order valence-corrected chi connectivity index (χ2v) is 3.90. The second kappa shape index (κ2) is 7.47. The van der Waals surface area contributed by atoms with Crippen molar-refractivity contribution in [3.8, 4) is 5.88 Å². The van der Waals surface area contributed by atoms with E-state index in [1.807, 2.05) is 13.8 Å². The Morgan fingerprint density at radius 3 is 2.94 bits per heavy atom. The van der Waals surface area contributed by atoms with Gasteiger partial charge in [-0.2, -0.15) is 4.98 Å². The third-order valence-corrected chi connectivity index (χ3v) is 2.51. The number of nitrogens with one attached hydrogen (secondary N) is 1. The molecule has 0 saturated carbocycles. The van der Waals surface area contributed by atoms with Crippen molar-refractivity contribution in [1.82, 2.24) is 9.97 Å². The largest absolute Gasteiger partial charge is 0.481 e. The molecule has 1 unspecified atom stereocenters. The van der Waals surface area contributed by atoms with E-state index in [4.69, 9.17) is 9.84 Å². The Balaban J connectivity index is 2.50. The van der Waals surface area contributed by atoms with Crippen LogP contribution in [0.25, 0.3) is 0 Å². The Morgan fingerprint density at radius 1 is 1.56 bits per heavy atom. The van der Waals surface area contributed by atoms with Gasteiger partial charge in [-0.25, -0.2) is 4.98 Å². The van der Waals surface area contributed by atoms with Crippen LogP contribution < -0.4 is 10.1 Å². The van der Waals surface area contributed by atoms with Crippen LogP contribution in [0.15, 0.2) is 12.3 Å².